The highest BCUT2D eigenvalue weighted by Gasteiger charge is 2.21. The summed E-state index contributed by atoms with van der Waals surface area (Å²) in [4.78, 5) is 7.06. The Hall–Kier alpha value is -0.860. The van der Waals surface area contributed by atoms with Crippen molar-refractivity contribution in [1.29, 1.82) is 0 Å². The maximum absolute atomic E-state index is 6.06. The number of guanidine groups is 1. The molecule has 0 bridgehead atoms. The van der Waals surface area contributed by atoms with Crippen LogP contribution in [0, 0.1) is 12.8 Å². The van der Waals surface area contributed by atoms with Gasteiger partial charge in [0, 0.05) is 24.8 Å². The van der Waals surface area contributed by atoms with Crippen molar-refractivity contribution in [3.63, 3.8) is 0 Å². The number of nitrogens with zero attached hydrogens (tertiary/aromatic N) is 2. The fourth-order valence-electron chi connectivity index (χ4n) is 2.94. The van der Waals surface area contributed by atoms with Gasteiger partial charge in [0.15, 0.2) is 5.96 Å². The number of aryl methyl sites for hydroxylation is 1. The van der Waals surface area contributed by atoms with Crippen molar-refractivity contribution >= 4 is 35.6 Å². The minimum absolute atomic E-state index is 0. The smallest absolute Gasteiger partial charge is 0.193 e. The van der Waals surface area contributed by atoms with E-state index in [2.05, 4.69) is 48.1 Å². The molecule has 0 aliphatic carbocycles. The van der Waals surface area contributed by atoms with E-state index in [4.69, 9.17) is 10.5 Å². The molecular weight excluding hydrogens is 415 g/mol. The average molecular weight is 446 g/mol. The first-order valence-electron chi connectivity index (χ1n) is 8.50. The summed E-state index contributed by atoms with van der Waals surface area (Å²) in [7, 11) is 0. The van der Waals surface area contributed by atoms with Gasteiger partial charge in [-0.05, 0) is 37.0 Å². The molecule has 1 atom stereocenters. The van der Waals surface area contributed by atoms with Crippen molar-refractivity contribution < 1.29 is 4.74 Å². The number of nitrogens with one attached hydrogen (secondary N) is 1. The van der Waals surface area contributed by atoms with Crippen molar-refractivity contribution in [3.05, 3.63) is 29.8 Å². The van der Waals surface area contributed by atoms with Crippen molar-refractivity contribution in [2.75, 3.05) is 38.2 Å². The van der Waals surface area contributed by atoms with Gasteiger partial charge in [0.1, 0.15) is 0 Å². The molecule has 1 unspecified atom stereocenters. The zero-order chi connectivity index (χ0) is 16.7. The lowest BCUT2D eigenvalue weighted by atomic mass is 10.0. The quantitative estimate of drug-likeness (QED) is 0.401. The van der Waals surface area contributed by atoms with Crippen molar-refractivity contribution in [1.82, 2.24) is 4.90 Å². The van der Waals surface area contributed by atoms with Gasteiger partial charge in [0.05, 0.1) is 19.8 Å². The molecule has 6 heteroatoms. The molecule has 0 radical (unpaired) electrons. The van der Waals surface area contributed by atoms with Crippen LogP contribution in [0.2, 0.25) is 0 Å². The number of hydrogen-bond donors (Lipinski definition) is 2. The van der Waals surface area contributed by atoms with Crippen molar-refractivity contribution in [2.24, 2.45) is 16.6 Å². The van der Waals surface area contributed by atoms with Crippen LogP contribution in [0.5, 0.6) is 0 Å². The standard InChI is InChI=1S/C18H30N4O.HI/c1-14(2)11-17(22-7-9-23-10-8-22)13-20-18(19)21-16-6-4-5-15(3)12-16;/h4-6,12,14,17H,7-11,13H2,1-3H3,(H3,19,20,21);1H. The first-order valence-corrected chi connectivity index (χ1v) is 8.50. The van der Waals surface area contributed by atoms with E-state index >= 15 is 0 Å². The van der Waals surface area contributed by atoms with E-state index in [9.17, 15) is 0 Å². The second-order valence-electron chi connectivity index (χ2n) is 6.65. The summed E-state index contributed by atoms with van der Waals surface area (Å²) in [6, 6.07) is 8.58. The Morgan fingerprint density at radius 2 is 2.04 bits per heavy atom. The highest BCUT2D eigenvalue weighted by molar-refractivity contribution is 14.0. The Morgan fingerprint density at radius 1 is 1.33 bits per heavy atom. The van der Waals surface area contributed by atoms with Crippen LogP contribution in [0.25, 0.3) is 0 Å². The SMILES string of the molecule is Cc1cccc(NC(N)=NCC(CC(C)C)N2CCOCC2)c1.I. The molecule has 2 rings (SSSR count). The molecule has 136 valence electrons. The van der Waals surface area contributed by atoms with Crippen LogP contribution < -0.4 is 11.1 Å². The van der Waals surface area contributed by atoms with Gasteiger partial charge >= 0.3 is 0 Å². The molecule has 1 aromatic carbocycles. The number of morpholine rings is 1. The van der Waals surface area contributed by atoms with Crippen LogP contribution in [0.3, 0.4) is 0 Å². The van der Waals surface area contributed by atoms with Gasteiger partial charge in [0.25, 0.3) is 0 Å². The fraction of sp³-hybridized carbons (Fsp3) is 0.611. The van der Waals surface area contributed by atoms with Gasteiger partial charge in [-0.15, -0.1) is 24.0 Å². The molecule has 1 saturated heterocycles. The Labute approximate surface area is 163 Å². The number of hydrogen-bond acceptors (Lipinski definition) is 3. The fourth-order valence-corrected chi connectivity index (χ4v) is 2.94. The molecular formula is C18H31IN4O. The van der Waals surface area contributed by atoms with Crippen molar-refractivity contribution in [2.45, 2.75) is 33.2 Å². The van der Waals surface area contributed by atoms with Gasteiger partial charge in [-0.1, -0.05) is 26.0 Å². The summed E-state index contributed by atoms with van der Waals surface area (Å²) in [5, 5.41) is 3.18. The van der Waals surface area contributed by atoms with Gasteiger partial charge in [-0.3, -0.25) is 9.89 Å². The van der Waals surface area contributed by atoms with E-state index in [1.807, 2.05) is 12.1 Å². The largest absolute Gasteiger partial charge is 0.379 e. The lowest BCUT2D eigenvalue weighted by Gasteiger charge is -2.34. The number of benzene rings is 1. The van der Waals surface area contributed by atoms with Gasteiger partial charge in [0.2, 0.25) is 0 Å². The third kappa shape index (κ3) is 7.36. The minimum Gasteiger partial charge on any atom is -0.379 e. The van der Waals surface area contributed by atoms with Crippen LogP contribution in [-0.4, -0.2) is 49.7 Å². The molecule has 0 aromatic heterocycles. The number of halogens is 1. The van der Waals surface area contributed by atoms with Gasteiger partial charge in [-0.2, -0.15) is 0 Å². The Bertz CT molecular complexity index is 515. The highest BCUT2D eigenvalue weighted by atomic mass is 127. The summed E-state index contributed by atoms with van der Waals surface area (Å²) in [6.45, 7) is 10.9. The lowest BCUT2D eigenvalue weighted by Crippen LogP contribution is -2.45. The molecule has 1 heterocycles. The summed E-state index contributed by atoms with van der Waals surface area (Å²) in [5.74, 6) is 1.13. The number of nitrogens with two attached hydrogens (primary N) is 1. The summed E-state index contributed by atoms with van der Waals surface area (Å²) in [5.41, 5.74) is 8.25. The molecule has 0 amide bonds. The third-order valence-corrected chi connectivity index (χ3v) is 4.07. The predicted molar refractivity (Wildman–Crippen MR) is 112 cm³/mol. The molecule has 5 nitrogen and oxygen atoms in total. The summed E-state index contributed by atoms with van der Waals surface area (Å²) in [6.07, 6.45) is 1.13. The maximum atomic E-state index is 6.06. The molecule has 3 N–H and O–H groups in total. The molecule has 0 saturated carbocycles. The van der Waals surface area contributed by atoms with Crippen LogP contribution >= 0.6 is 24.0 Å². The minimum atomic E-state index is 0. The van der Waals surface area contributed by atoms with E-state index in [-0.39, 0.29) is 24.0 Å². The van der Waals surface area contributed by atoms with E-state index in [1.165, 1.54) is 5.56 Å². The summed E-state index contributed by atoms with van der Waals surface area (Å²) >= 11 is 0. The van der Waals surface area contributed by atoms with E-state index in [0.717, 1.165) is 45.0 Å². The van der Waals surface area contributed by atoms with E-state index < -0.39 is 0 Å². The number of aliphatic imine (C=N–C) groups is 1. The number of rotatable bonds is 6. The topological polar surface area (TPSA) is 62.9 Å². The number of anilines is 1. The maximum Gasteiger partial charge on any atom is 0.193 e. The third-order valence-electron chi connectivity index (χ3n) is 4.07. The lowest BCUT2D eigenvalue weighted by molar-refractivity contribution is 0.0143. The first kappa shape index (κ1) is 21.2. The van der Waals surface area contributed by atoms with Gasteiger partial charge < -0.3 is 15.8 Å². The predicted octanol–water partition coefficient (Wildman–Crippen LogP) is 3.09. The Morgan fingerprint density at radius 3 is 2.67 bits per heavy atom. The van der Waals surface area contributed by atoms with Crippen LogP contribution in [0.15, 0.2) is 29.3 Å². The molecule has 1 aromatic rings. The second kappa shape index (κ2) is 10.9. The summed E-state index contributed by atoms with van der Waals surface area (Å²) < 4.78 is 5.46. The monoisotopic (exact) mass is 446 g/mol. The number of ether oxygens (including phenoxy) is 1. The van der Waals surface area contributed by atoms with Crippen LogP contribution in [0.4, 0.5) is 5.69 Å². The molecule has 1 aliphatic rings. The zero-order valence-electron chi connectivity index (χ0n) is 15.0. The molecule has 24 heavy (non-hydrogen) atoms. The average Bonchev–Trinajstić information content (AvgIpc) is 2.52. The van der Waals surface area contributed by atoms with Crippen LogP contribution in [-0.2, 0) is 4.74 Å². The Balaban J connectivity index is 0.00000288. The first-order chi connectivity index (χ1) is 11.0. The second-order valence-corrected chi connectivity index (χ2v) is 6.65. The molecule has 1 aliphatic heterocycles. The van der Waals surface area contributed by atoms with E-state index in [0.29, 0.717) is 17.9 Å². The molecule has 0 spiro atoms. The normalized spacial score (nSPS) is 17.4. The molecule has 1 fully saturated rings. The van der Waals surface area contributed by atoms with Crippen molar-refractivity contribution in [3.8, 4) is 0 Å². The van der Waals surface area contributed by atoms with E-state index in [1.54, 1.807) is 0 Å². The Kier molecular flexibility index (Phi) is 9.61. The van der Waals surface area contributed by atoms with Crippen LogP contribution in [0.1, 0.15) is 25.8 Å². The highest BCUT2D eigenvalue weighted by Crippen LogP contribution is 2.14. The van der Waals surface area contributed by atoms with Gasteiger partial charge in [-0.25, -0.2) is 0 Å². The zero-order valence-corrected chi connectivity index (χ0v) is 17.3.